The quantitative estimate of drug-likeness (QED) is 0.0235. The zero-order valence-corrected chi connectivity index (χ0v) is 49.1. The fourth-order valence-electron chi connectivity index (χ4n) is 8.57. The summed E-state index contributed by atoms with van der Waals surface area (Å²) in [7, 11) is 0. The number of fused-ring (bicyclic) bond motifs is 1. The lowest BCUT2D eigenvalue weighted by Gasteiger charge is -2.27. The van der Waals surface area contributed by atoms with Gasteiger partial charge in [-0.15, -0.1) is 0 Å². The molecule has 0 saturated carbocycles. The first-order valence-corrected chi connectivity index (χ1v) is 28.2. The summed E-state index contributed by atoms with van der Waals surface area (Å²) in [4.78, 5) is 193. The van der Waals surface area contributed by atoms with Gasteiger partial charge in [-0.2, -0.15) is 0 Å². The van der Waals surface area contributed by atoms with Crippen molar-refractivity contribution in [2.24, 2.45) is 23.1 Å². The van der Waals surface area contributed by atoms with Crippen molar-refractivity contribution in [3.8, 4) is 0 Å². The van der Waals surface area contributed by atoms with Crippen molar-refractivity contribution in [2.75, 3.05) is 26.3 Å². The lowest BCUT2D eigenvalue weighted by atomic mass is 10.0. The Morgan fingerprint density at radius 1 is 0.551 bits per heavy atom. The molecule has 0 radical (unpaired) electrons. The van der Waals surface area contributed by atoms with E-state index in [4.69, 9.17) is 22.3 Å². The molecule has 0 unspecified atom stereocenters. The number of benzene rings is 1. The molecule has 0 aliphatic rings. The standard InChI is InChI=1S/C54H80N16O19/c1-26(2)44(54(88)89)70-50(84)33(10-6-7-17-55)65-51(85)37(18-28-20-59-32-9-5-4-8-30(28)32)68-52(86)38(19-29-21-58-25-61-29)63-41(74)22-60-47(81)34(12-15-42(75)76)66-53(87)39(24-72)69-49(83)35(11-14-40(57)73)67-48(82)36(13-16-43(77)78)64-45(79)27(3)62-46(80)31(56)23-71/h4-5,8-9,20-21,25-27,31,33-39,44,59,71-72H,6-7,10-19,22-24,55-56H2,1-3H3,(H2,57,73)(H,58,61)(H,60,81)(H,62,80)(H,63,74)(H,64,79)(H,65,85)(H,66,87)(H,67,82)(H,68,86)(H,69,83)(H,70,84)(H,75,76)(H,77,78)(H,88,89)/t27-,31-,33-,34-,35-,36-,37-,38-,39-,44-/m0/s1. The molecule has 35 heteroatoms. The van der Waals surface area contributed by atoms with Crippen LogP contribution in [-0.4, -0.2) is 210 Å². The van der Waals surface area contributed by atoms with Gasteiger partial charge in [-0.05, 0) is 69.5 Å². The van der Waals surface area contributed by atoms with Crippen molar-refractivity contribution in [1.82, 2.24) is 68.1 Å². The number of aliphatic carboxylic acids is 3. The van der Waals surface area contributed by atoms with Crippen molar-refractivity contribution in [1.29, 1.82) is 0 Å². The maximum atomic E-state index is 14.4. The number of aromatic nitrogens is 3. The van der Waals surface area contributed by atoms with Crippen molar-refractivity contribution in [3.05, 3.63) is 54.2 Å². The number of hydrogen-bond acceptors (Lipinski definition) is 19. The number of carboxylic acids is 3. The first-order chi connectivity index (χ1) is 42.1. The fourth-order valence-corrected chi connectivity index (χ4v) is 8.57. The van der Waals surface area contributed by atoms with E-state index in [1.807, 2.05) is 0 Å². The minimum Gasteiger partial charge on any atom is -0.481 e. The molecule has 89 heavy (non-hydrogen) atoms. The highest BCUT2D eigenvalue weighted by Crippen LogP contribution is 2.20. The number of aliphatic hydroxyl groups excluding tert-OH is 2. The van der Waals surface area contributed by atoms with E-state index in [-0.39, 0.29) is 31.5 Å². The van der Waals surface area contributed by atoms with Crippen LogP contribution in [0, 0.1) is 5.92 Å². The number of rotatable bonds is 41. The Labute approximate surface area is 508 Å². The number of nitrogens with zero attached hydrogens (tertiary/aromatic N) is 1. The van der Waals surface area contributed by atoms with E-state index in [0.29, 0.717) is 29.3 Å². The van der Waals surface area contributed by atoms with Crippen molar-refractivity contribution < 1.29 is 92.7 Å². The number of H-pyrrole nitrogens is 2. The molecule has 3 rings (SSSR count). The summed E-state index contributed by atoms with van der Waals surface area (Å²) in [6, 6.07) is -8.79. The van der Waals surface area contributed by atoms with Crippen molar-refractivity contribution in [2.45, 2.75) is 152 Å². The number of carbonyl (C=O) groups is 14. The highest BCUT2D eigenvalue weighted by Gasteiger charge is 2.36. The van der Waals surface area contributed by atoms with Gasteiger partial charge in [-0.25, -0.2) is 9.78 Å². The van der Waals surface area contributed by atoms with Gasteiger partial charge in [0.1, 0.15) is 60.4 Å². The van der Waals surface area contributed by atoms with Crippen LogP contribution >= 0.6 is 0 Å². The molecule has 2 aromatic heterocycles. The van der Waals surface area contributed by atoms with Gasteiger partial charge in [0.2, 0.25) is 65.0 Å². The third-order valence-corrected chi connectivity index (χ3v) is 13.6. The number of amides is 11. The Kier molecular flexibility index (Phi) is 30.8. The number of carboxylic acid groups (broad SMARTS) is 3. The van der Waals surface area contributed by atoms with Gasteiger partial charge < -0.3 is 106 Å². The summed E-state index contributed by atoms with van der Waals surface area (Å²) < 4.78 is 0. The number of nitrogens with one attached hydrogen (secondary N) is 12. The largest absolute Gasteiger partial charge is 0.481 e. The zero-order valence-electron chi connectivity index (χ0n) is 49.1. The molecule has 35 nitrogen and oxygen atoms in total. The Morgan fingerprint density at radius 3 is 1.58 bits per heavy atom. The lowest BCUT2D eigenvalue weighted by Crippen LogP contribution is -2.60. The number of carbonyl (C=O) groups excluding carboxylic acids is 11. The van der Waals surface area contributed by atoms with Gasteiger partial charge >= 0.3 is 17.9 Å². The van der Waals surface area contributed by atoms with Crippen molar-refractivity contribution >= 4 is 93.8 Å². The van der Waals surface area contributed by atoms with E-state index in [1.165, 1.54) is 19.4 Å². The maximum Gasteiger partial charge on any atom is 0.326 e. The van der Waals surface area contributed by atoms with Gasteiger partial charge in [-0.3, -0.25) is 62.3 Å². The molecular weight excluding hydrogens is 1180 g/mol. The predicted octanol–water partition coefficient (Wildman–Crippen LogP) is -6.65. The number of imidazole rings is 1. The average molecular weight is 1260 g/mol. The molecule has 0 bridgehead atoms. The van der Waals surface area contributed by atoms with Crippen molar-refractivity contribution in [3.63, 3.8) is 0 Å². The van der Waals surface area contributed by atoms with Gasteiger partial charge in [0.15, 0.2) is 0 Å². The van der Waals surface area contributed by atoms with Crippen LogP contribution in [0.2, 0.25) is 0 Å². The van der Waals surface area contributed by atoms with Crippen LogP contribution in [0.4, 0.5) is 0 Å². The second-order valence-electron chi connectivity index (χ2n) is 21.0. The average Bonchev–Trinajstić information content (AvgIpc) is 4.38. The number of aliphatic hydroxyl groups is 2. The Morgan fingerprint density at radius 2 is 1.06 bits per heavy atom. The molecule has 0 aliphatic heterocycles. The summed E-state index contributed by atoms with van der Waals surface area (Å²) in [6.07, 6.45) is 0.666. The summed E-state index contributed by atoms with van der Waals surface area (Å²) in [6.45, 7) is 1.63. The molecule has 0 fully saturated rings. The monoisotopic (exact) mass is 1260 g/mol. The smallest absolute Gasteiger partial charge is 0.326 e. The van der Waals surface area contributed by atoms with Crippen LogP contribution in [0.15, 0.2) is 43.0 Å². The maximum absolute atomic E-state index is 14.4. The highest BCUT2D eigenvalue weighted by atomic mass is 16.4. The number of primary amides is 1. The summed E-state index contributed by atoms with van der Waals surface area (Å²) in [5.74, 6) is -16.4. The summed E-state index contributed by atoms with van der Waals surface area (Å²) in [5.41, 5.74) is 17.9. The third-order valence-electron chi connectivity index (χ3n) is 13.6. The normalized spacial score (nSPS) is 14.5. The molecule has 10 atom stereocenters. The second kappa shape index (κ2) is 37.2. The van der Waals surface area contributed by atoms with Crippen LogP contribution in [0.1, 0.15) is 89.8 Å². The number of hydrogen-bond donors (Lipinski definition) is 20. The number of aromatic amines is 2. The molecule has 0 aliphatic carbocycles. The molecule has 0 saturated heterocycles. The van der Waals surface area contributed by atoms with E-state index >= 15 is 0 Å². The topological polar surface area (TPSA) is 583 Å². The van der Waals surface area contributed by atoms with Gasteiger partial charge in [-0.1, -0.05) is 32.0 Å². The van der Waals surface area contributed by atoms with Crippen LogP contribution in [-0.2, 0) is 80.0 Å². The molecule has 11 amide bonds. The molecule has 1 aromatic carbocycles. The highest BCUT2D eigenvalue weighted by molar-refractivity contribution is 5.99. The van der Waals surface area contributed by atoms with Crippen LogP contribution in [0.5, 0.6) is 0 Å². The van der Waals surface area contributed by atoms with Crippen LogP contribution < -0.4 is 70.4 Å². The van der Waals surface area contributed by atoms with E-state index in [0.717, 1.165) is 0 Å². The van der Waals surface area contributed by atoms with Gasteiger partial charge in [0.05, 0.1) is 31.8 Å². The number of unbranched alkanes of at least 4 members (excludes halogenated alkanes) is 1. The number of para-hydroxylation sites is 1. The third kappa shape index (κ3) is 25.3. The summed E-state index contributed by atoms with van der Waals surface area (Å²) in [5, 5.41) is 72.1. The first-order valence-electron chi connectivity index (χ1n) is 28.2. The Bertz CT molecular complexity index is 2960. The minimum absolute atomic E-state index is 0.0268. The zero-order chi connectivity index (χ0) is 66.5. The molecule has 3 aromatic rings. The molecular formula is C54H80N16O19. The Hall–Kier alpha value is -9.61. The molecule has 490 valence electrons. The number of nitrogens with two attached hydrogens (primary N) is 3. The molecule has 23 N–H and O–H groups in total. The fraction of sp³-hybridized carbons (Fsp3) is 0.537. The van der Waals surface area contributed by atoms with Gasteiger partial charge in [0.25, 0.3) is 0 Å². The Balaban J connectivity index is 1.86. The summed E-state index contributed by atoms with van der Waals surface area (Å²) >= 11 is 0. The van der Waals surface area contributed by atoms with E-state index in [1.54, 1.807) is 44.3 Å². The molecule has 0 spiro atoms. The predicted molar refractivity (Wildman–Crippen MR) is 310 cm³/mol. The first kappa shape index (κ1) is 73.6. The van der Waals surface area contributed by atoms with Crippen LogP contribution in [0.25, 0.3) is 10.9 Å². The SMILES string of the molecule is CC(C)[C@H](NC(=O)[C@H](CCCCN)NC(=O)[C@H](Cc1c[nH]c2ccccc12)NC(=O)[C@H](Cc1c[nH]cn1)NC(=O)CNC(=O)[C@H](CCC(=O)O)NC(=O)[C@H](CO)NC(=O)[C@H](CCC(N)=O)NC(=O)[C@H](CCC(=O)O)NC(=O)[C@H](C)NC(=O)[C@@H](N)CO)C(=O)O. The van der Waals surface area contributed by atoms with E-state index < -0.39 is 208 Å². The molecule has 2 heterocycles. The van der Waals surface area contributed by atoms with E-state index in [2.05, 4.69) is 68.1 Å². The lowest BCUT2D eigenvalue weighted by molar-refractivity contribution is -0.143. The second-order valence-corrected chi connectivity index (χ2v) is 21.0. The minimum atomic E-state index is -1.99. The van der Waals surface area contributed by atoms with E-state index in [9.17, 15) is 87.5 Å². The van der Waals surface area contributed by atoms with Gasteiger partial charge in [0, 0.05) is 55.4 Å². The van der Waals surface area contributed by atoms with Crippen LogP contribution in [0.3, 0.4) is 0 Å².